The topological polar surface area (TPSA) is 108 Å². The summed E-state index contributed by atoms with van der Waals surface area (Å²) in [6.45, 7) is -0.578. The van der Waals surface area contributed by atoms with E-state index in [0.29, 0.717) is 17.0 Å². The van der Waals surface area contributed by atoms with E-state index in [0.717, 1.165) is 18.0 Å². The van der Waals surface area contributed by atoms with Gasteiger partial charge in [-0.2, -0.15) is 0 Å². The maximum absolute atomic E-state index is 13.5. The summed E-state index contributed by atoms with van der Waals surface area (Å²) < 4.78 is 45.8. The fraction of sp³-hybridized carbons (Fsp3) is 0.300. The van der Waals surface area contributed by atoms with Gasteiger partial charge in [0.25, 0.3) is 0 Å². The average molecular weight is 546 g/mol. The van der Waals surface area contributed by atoms with E-state index in [1.165, 1.54) is 12.1 Å². The van der Waals surface area contributed by atoms with Crippen molar-refractivity contribution >= 4 is 52.3 Å². The lowest BCUT2D eigenvalue weighted by Crippen LogP contribution is -2.62. The van der Waals surface area contributed by atoms with Gasteiger partial charge in [-0.3, -0.25) is 0 Å². The highest BCUT2D eigenvalue weighted by Crippen LogP contribution is 2.40. The first kappa shape index (κ1) is 26.2. The molecule has 6 nitrogen and oxygen atoms in total. The smallest absolute Gasteiger partial charge is 0.194 e. The van der Waals surface area contributed by atoms with E-state index in [4.69, 9.17) is 45.3 Å². The van der Waals surface area contributed by atoms with Crippen LogP contribution >= 0.6 is 46.6 Å². The van der Waals surface area contributed by atoms with Gasteiger partial charge in [0.1, 0.15) is 23.7 Å². The molecule has 1 aliphatic rings. The van der Waals surface area contributed by atoms with Crippen molar-refractivity contribution in [3.05, 3.63) is 68.5 Å². The quantitative estimate of drug-likeness (QED) is 0.279. The fourth-order valence-electron chi connectivity index (χ4n) is 3.09. The average Bonchev–Trinajstić information content (AvgIpc) is 2.76. The fourth-order valence-corrected chi connectivity index (χ4v) is 4.95. The number of halogens is 6. The Labute approximate surface area is 206 Å². The Morgan fingerprint density at radius 2 is 1.64 bits per heavy atom. The molecular formula is C20H18Cl3F3N2O4S. The zero-order chi connectivity index (χ0) is 24.4. The SMILES string of the molecule is N/C(=C\NC1C(O)C(CO)OC(Sc2cc(Cl)c(Cl)cc2Cl)C1O)c1cc(F)c(F)c(F)c1. The van der Waals surface area contributed by atoms with Crippen molar-refractivity contribution in [2.24, 2.45) is 5.73 Å². The maximum Gasteiger partial charge on any atom is 0.194 e. The van der Waals surface area contributed by atoms with Gasteiger partial charge in [-0.25, -0.2) is 13.2 Å². The third-order valence-electron chi connectivity index (χ3n) is 4.85. The Hall–Kier alpha value is -1.37. The van der Waals surface area contributed by atoms with Crippen molar-refractivity contribution in [2.75, 3.05) is 6.61 Å². The van der Waals surface area contributed by atoms with E-state index in [9.17, 15) is 28.5 Å². The lowest BCUT2D eigenvalue weighted by atomic mass is 9.97. The summed E-state index contributed by atoms with van der Waals surface area (Å²) in [5.74, 6) is -4.49. The molecule has 13 heteroatoms. The molecule has 3 rings (SSSR count). The van der Waals surface area contributed by atoms with E-state index >= 15 is 0 Å². The van der Waals surface area contributed by atoms with E-state index < -0.39 is 53.8 Å². The third-order valence-corrected chi connectivity index (χ3v) is 7.21. The zero-order valence-electron chi connectivity index (χ0n) is 16.5. The molecular weight excluding hydrogens is 528 g/mol. The second kappa shape index (κ2) is 10.9. The molecule has 0 spiro atoms. The zero-order valence-corrected chi connectivity index (χ0v) is 19.6. The van der Waals surface area contributed by atoms with Gasteiger partial charge in [0.2, 0.25) is 0 Å². The van der Waals surface area contributed by atoms with Gasteiger partial charge in [0.15, 0.2) is 17.5 Å². The minimum absolute atomic E-state index is 0.165. The monoisotopic (exact) mass is 544 g/mol. The molecule has 1 saturated heterocycles. The first-order valence-corrected chi connectivity index (χ1v) is 11.3. The van der Waals surface area contributed by atoms with Crippen LogP contribution in [0.5, 0.6) is 0 Å². The summed E-state index contributed by atoms with van der Waals surface area (Å²) >= 11 is 19.1. The molecule has 0 aliphatic carbocycles. The van der Waals surface area contributed by atoms with Gasteiger partial charge >= 0.3 is 0 Å². The van der Waals surface area contributed by atoms with Crippen molar-refractivity contribution in [3.63, 3.8) is 0 Å². The number of hydrogen-bond donors (Lipinski definition) is 5. The number of rotatable bonds is 6. The van der Waals surface area contributed by atoms with E-state index in [2.05, 4.69) is 5.32 Å². The van der Waals surface area contributed by atoms with Gasteiger partial charge in [0.05, 0.1) is 33.4 Å². The Kier molecular flexibility index (Phi) is 8.68. The highest BCUT2D eigenvalue weighted by atomic mass is 35.5. The molecule has 0 radical (unpaired) electrons. The first-order valence-electron chi connectivity index (χ1n) is 9.33. The van der Waals surface area contributed by atoms with Crippen molar-refractivity contribution < 1.29 is 33.2 Å². The predicted molar refractivity (Wildman–Crippen MR) is 120 cm³/mol. The van der Waals surface area contributed by atoms with Crippen LogP contribution in [0.4, 0.5) is 13.2 Å². The predicted octanol–water partition coefficient (Wildman–Crippen LogP) is 3.51. The standard InChI is InChI=1S/C20H18Cl3F3N2O4S/c21-8-3-10(23)15(4-9(8)22)33-20-19(31)17(18(30)14(6-29)32-20)28-5-13(27)7-1-11(24)16(26)12(25)2-7/h1-5,14,17-20,28-31H,6,27H2/b13-5-. The molecule has 0 bridgehead atoms. The molecule has 2 aromatic carbocycles. The van der Waals surface area contributed by atoms with Crippen LogP contribution in [-0.4, -0.2) is 51.7 Å². The van der Waals surface area contributed by atoms with Gasteiger partial charge in [-0.05, 0) is 24.3 Å². The summed E-state index contributed by atoms with van der Waals surface area (Å²) in [4.78, 5) is 0.425. The molecule has 1 fully saturated rings. The van der Waals surface area contributed by atoms with Crippen LogP contribution in [0.15, 0.2) is 35.4 Å². The number of aliphatic hydroxyl groups is 3. The van der Waals surface area contributed by atoms with Crippen LogP contribution in [-0.2, 0) is 4.74 Å². The molecule has 0 aromatic heterocycles. The number of nitrogens with one attached hydrogen (secondary N) is 1. The lowest BCUT2D eigenvalue weighted by Gasteiger charge is -2.42. The molecule has 2 aromatic rings. The highest BCUT2D eigenvalue weighted by Gasteiger charge is 2.44. The lowest BCUT2D eigenvalue weighted by molar-refractivity contribution is -0.164. The number of thioether (sulfide) groups is 1. The summed E-state index contributed by atoms with van der Waals surface area (Å²) in [6, 6.07) is 3.17. The second-order valence-electron chi connectivity index (χ2n) is 7.07. The Balaban J connectivity index is 1.83. The van der Waals surface area contributed by atoms with E-state index in [1.54, 1.807) is 0 Å². The Morgan fingerprint density at radius 3 is 2.24 bits per heavy atom. The van der Waals surface area contributed by atoms with Crippen molar-refractivity contribution in [1.29, 1.82) is 0 Å². The molecule has 180 valence electrons. The third kappa shape index (κ3) is 5.83. The molecule has 6 N–H and O–H groups in total. The van der Waals surface area contributed by atoms with E-state index in [-0.39, 0.29) is 26.3 Å². The molecule has 1 heterocycles. The Bertz CT molecular complexity index is 1040. The number of ether oxygens (including phenoxy) is 1. The highest BCUT2D eigenvalue weighted by molar-refractivity contribution is 8.00. The van der Waals surface area contributed by atoms with Gasteiger partial charge in [-0.1, -0.05) is 46.6 Å². The second-order valence-corrected chi connectivity index (χ2v) is 9.43. The largest absolute Gasteiger partial charge is 0.397 e. The summed E-state index contributed by atoms with van der Waals surface area (Å²) in [7, 11) is 0. The molecule has 0 amide bonds. The van der Waals surface area contributed by atoms with Crippen LogP contribution < -0.4 is 11.1 Å². The molecule has 1 aliphatic heterocycles. The summed E-state index contributed by atoms with van der Waals surface area (Å²) in [5, 5.41) is 34.3. The minimum atomic E-state index is -1.64. The number of benzene rings is 2. The van der Waals surface area contributed by atoms with Crippen LogP contribution in [0, 0.1) is 17.5 Å². The normalized spacial score (nSPS) is 25.8. The molecule has 33 heavy (non-hydrogen) atoms. The van der Waals surface area contributed by atoms with Crippen LogP contribution in [0.25, 0.3) is 5.70 Å². The van der Waals surface area contributed by atoms with E-state index in [1.807, 2.05) is 0 Å². The van der Waals surface area contributed by atoms with Crippen LogP contribution in [0.2, 0.25) is 15.1 Å². The van der Waals surface area contributed by atoms with Crippen molar-refractivity contribution in [1.82, 2.24) is 5.32 Å². The summed E-state index contributed by atoms with van der Waals surface area (Å²) in [6.07, 6.45) is -2.77. The van der Waals surface area contributed by atoms with Gasteiger partial charge < -0.3 is 31.1 Å². The van der Waals surface area contributed by atoms with Crippen LogP contribution in [0.3, 0.4) is 0 Å². The minimum Gasteiger partial charge on any atom is -0.397 e. The maximum atomic E-state index is 13.5. The molecule has 5 unspecified atom stereocenters. The van der Waals surface area contributed by atoms with Gasteiger partial charge in [0, 0.05) is 16.7 Å². The van der Waals surface area contributed by atoms with Crippen molar-refractivity contribution in [3.8, 4) is 0 Å². The number of nitrogens with two attached hydrogens (primary N) is 1. The number of hydrogen-bond acceptors (Lipinski definition) is 7. The van der Waals surface area contributed by atoms with Gasteiger partial charge in [-0.15, -0.1) is 0 Å². The first-order chi connectivity index (χ1) is 15.5. The molecule has 5 atom stereocenters. The summed E-state index contributed by atoms with van der Waals surface area (Å²) in [5.41, 5.74) is 4.43. The molecule has 0 saturated carbocycles. The Morgan fingerprint density at radius 1 is 1.03 bits per heavy atom. The number of aliphatic hydroxyl groups excluding tert-OH is 3. The van der Waals surface area contributed by atoms with Crippen molar-refractivity contribution in [2.45, 2.75) is 34.7 Å². The van der Waals surface area contributed by atoms with Crippen LogP contribution in [0.1, 0.15) is 5.56 Å².